The summed E-state index contributed by atoms with van der Waals surface area (Å²) in [4.78, 5) is 14.9. The number of carboxylic acids is 1. The summed E-state index contributed by atoms with van der Waals surface area (Å²) in [5.41, 5.74) is -0.334. The molecule has 1 aliphatic carbocycles. The predicted molar refractivity (Wildman–Crippen MR) is 75.4 cm³/mol. The van der Waals surface area contributed by atoms with Gasteiger partial charge in [-0.3, -0.25) is 0 Å². The van der Waals surface area contributed by atoms with Crippen molar-refractivity contribution in [3.8, 4) is 0 Å². The second-order valence-electron chi connectivity index (χ2n) is 5.77. The van der Waals surface area contributed by atoms with Gasteiger partial charge in [0.15, 0.2) is 11.6 Å². The van der Waals surface area contributed by atoms with Gasteiger partial charge in [0, 0.05) is 12.2 Å². The first-order valence-electron chi connectivity index (χ1n) is 7.15. The third-order valence-corrected chi connectivity index (χ3v) is 4.12. The SMILES string of the molecule is CC(C)C1CCCCC1Nc1nccc(C(=O)O)c1F. The lowest BCUT2D eigenvalue weighted by molar-refractivity contribution is 0.0691. The van der Waals surface area contributed by atoms with E-state index in [1.54, 1.807) is 0 Å². The van der Waals surface area contributed by atoms with E-state index in [4.69, 9.17) is 5.11 Å². The Kier molecular flexibility index (Phi) is 4.57. The first-order valence-corrected chi connectivity index (χ1v) is 7.15. The van der Waals surface area contributed by atoms with Crippen LogP contribution < -0.4 is 5.32 Å². The highest BCUT2D eigenvalue weighted by Gasteiger charge is 2.28. The monoisotopic (exact) mass is 280 g/mol. The van der Waals surface area contributed by atoms with Crippen molar-refractivity contribution in [3.05, 3.63) is 23.6 Å². The van der Waals surface area contributed by atoms with Gasteiger partial charge in [0.1, 0.15) is 5.56 Å². The van der Waals surface area contributed by atoms with Crippen LogP contribution in [-0.4, -0.2) is 22.1 Å². The fraction of sp³-hybridized carbons (Fsp3) is 0.600. The smallest absolute Gasteiger partial charge is 0.338 e. The summed E-state index contributed by atoms with van der Waals surface area (Å²) in [7, 11) is 0. The van der Waals surface area contributed by atoms with Crippen molar-refractivity contribution in [2.75, 3.05) is 5.32 Å². The van der Waals surface area contributed by atoms with Crippen LogP contribution in [-0.2, 0) is 0 Å². The molecule has 0 amide bonds. The maximum atomic E-state index is 14.1. The van der Waals surface area contributed by atoms with Crippen LogP contribution in [0.2, 0.25) is 0 Å². The predicted octanol–water partition coefficient (Wildman–Crippen LogP) is 3.55. The standard InChI is InChI=1S/C15H21FN2O2/c1-9(2)10-5-3-4-6-12(10)18-14-13(16)11(15(19)20)7-8-17-14/h7-10,12H,3-6H2,1-2H3,(H,17,18)(H,19,20). The molecule has 0 radical (unpaired) electrons. The largest absolute Gasteiger partial charge is 0.478 e. The average Bonchev–Trinajstić information content (AvgIpc) is 2.41. The Bertz CT molecular complexity index is 491. The molecule has 1 heterocycles. The molecule has 1 fully saturated rings. The molecular formula is C15H21FN2O2. The fourth-order valence-electron chi connectivity index (χ4n) is 3.02. The molecule has 2 rings (SSSR count). The fourth-order valence-corrected chi connectivity index (χ4v) is 3.02. The Balaban J connectivity index is 2.20. The molecule has 0 bridgehead atoms. The Morgan fingerprint density at radius 3 is 2.80 bits per heavy atom. The maximum absolute atomic E-state index is 14.1. The van der Waals surface area contributed by atoms with Gasteiger partial charge in [0.05, 0.1) is 0 Å². The first kappa shape index (κ1) is 14.8. The number of aromatic carboxylic acids is 1. The number of rotatable bonds is 4. The zero-order chi connectivity index (χ0) is 14.7. The van der Waals surface area contributed by atoms with Gasteiger partial charge in [0.2, 0.25) is 0 Å². The summed E-state index contributed by atoms with van der Waals surface area (Å²) in [6.07, 6.45) is 5.74. The van der Waals surface area contributed by atoms with Gasteiger partial charge in [-0.15, -0.1) is 0 Å². The number of nitrogens with one attached hydrogen (secondary N) is 1. The molecular weight excluding hydrogens is 259 g/mol. The van der Waals surface area contributed by atoms with Crippen molar-refractivity contribution >= 4 is 11.8 Å². The molecule has 0 aliphatic heterocycles. The van der Waals surface area contributed by atoms with Crippen LogP contribution in [0.4, 0.5) is 10.2 Å². The summed E-state index contributed by atoms with van der Waals surface area (Å²) in [6, 6.07) is 1.35. The highest BCUT2D eigenvalue weighted by atomic mass is 19.1. The Hall–Kier alpha value is -1.65. The number of pyridine rings is 1. The van der Waals surface area contributed by atoms with Crippen LogP contribution in [0.1, 0.15) is 49.9 Å². The van der Waals surface area contributed by atoms with Crippen molar-refractivity contribution in [2.24, 2.45) is 11.8 Å². The van der Waals surface area contributed by atoms with Gasteiger partial charge in [0.25, 0.3) is 0 Å². The van der Waals surface area contributed by atoms with Crippen LogP contribution in [0.3, 0.4) is 0 Å². The maximum Gasteiger partial charge on any atom is 0.338 e. The molecule has 110 valence electrons. The van der Waals surface area contributed by atoms with Crippen LogP contribution in [0.25, 0.3) is 0 Å². The number of aromatic nitrogens is 1. The molecule has 1 aromatic rings. The lowest BCUT2D eigenvalue weighted by Crippen LogP contribution is -2.36. The number of halogens is 1. The molecule has 0 spiro atoms. The van der Waals surface area contributed by atoms with Crippen molar-refractivity contribution in [2.45, 2.75) is 45.6 Å². The number of nitrogens with zero attached hydrogens (tertiary/aromatic N) is 1. The van der Waals surface area contributed by atoms with Crippen molar-refractivity contribution in [1.29, 1.82) is 0 Å². The van der Waals surface area contributed by atoms with E-state index in [-0.39, 0.29) is 17.4 Å². The van der Waals surface area contributed by atoms with Gasteiger partial charge < -0.3 is 10.4 Å². The van der Waals surface area contributed by atoms with E-state index in [9.17, 15) is 9.18 Å². The van der Waals surface area contributed by atoms with Crippen molar-refractivity contribution in [1.82, 2.24) is 4.98 Å². The summed E-state index contributed by atoms with van der Waals surface area (Å²) in [5, 5.41) is 12.1. The van der Waals surface area contributed by atoms with Crippen LogP contribution in [0, 0.1) is 17.7 Å². The molecule has 0 aromatic carbocycles. The molecule has 0 saturated heterocycles. The van der Waals surface area contributed by atoms with Crippen molar-refractivity contribution < 1.29 is 14.3 Å². The Morgan fingerprint density at radius 2 is 2.15 bits per heavy atom. The highest BCUT2D eigenvalue weighted by Crippen LogP contribution is 2.32. The van der Waals surface area contributed by atoms with Crippen LogP contribution in [0.5, 0.6) is 0 Å². The third kappa shape index (κ3) is 3.08. The normalized spacial score (nSPS) is 22.8. The third-order valence-electron chi connectivity index (χ3n) is 4.12. The quantitative estimate of drug-likeness (QED) is 0.885. The summed E-state index contributed by atoms with van der Waals surface area (Å²) in [6.45, 7) is 4.34. The summed E-state index contributed by atoms with van der Waals surface area (Å²) in [5.74, 6) is -0.996. The van der Waals surface area contributed by atoms with E-state index in [1.165, 1.54) is 18.7 Å². The summed E-state index contributed by atoms with van der Waals surface area (Å²) >= 11 is 0. The minimum atomic E-state index is -1.27. The molecule has 1 saturated carbocycles. The number of hydrogen-bond acceptors (Lipinski definition) is 3. The van der Waals surface area contributed by atoms with Crippen LogP contribution in [0.15, 0.2) is 12.3 Å². The first-order chi connectivity index (χ1) is 9.50. The van der Waals surface area contributed by atoms with E-state index >= 15 is 0 Å². The molecule has 1 aliphatic rings. The van der Waals surface area contributed by atoms with Gasteiger partial charge in [-0.05, 0) is 30.7 Å². The molecule has 2 unspecified atom stereocenters. The molecule has 5 heteroatoms. The van der Waals surface area contributed by atoms with Gasteiger partial charge in [-0.25, -0.2) is 14.2 Å². The van der Waals surface area contributed by atoms with Gasteiger partial charge in [-0.1, -0.05) is 26.7 Å². The minimum absolute atomic E-state index is 0.0578. The van der Waals surface area contributed by atoms with E-state index in [0.717, 1.165) is 19.3 Å². The second kappa shape index (κ2) is 6.20. The molecule has 2 atom stereocenters. The zero-order valence-electron chi connectivity index (χ0n) is 11.9. The zero-order valence-corrected chi connectivity index (χ0v) is 11.9. The topological polar surface area (TPSA) is 62.2 Å². The van der Waals surface area contributed by atoms with E-state index in [1.807, 2.05) is 0 Å². The van der Waals surface area contributed by atoms with E-state index in [2.05, 4.69) is 24.1 Å². The second-order valence-corrected chi connectivity index (χ2v) is 5.77. The van der Waals surface area contributed by atoms with Gasteiger partial charge >= 0.3 is 5.97 Å². The number of carbonyl (C=O) groups is 1. The number of carboxylic acid groups (broad SMARTS) is 1. The average molecular weight is 280 g/mol. The van der Waals surface area contributed by atoms with E-state index in [0.29, 0.717) is 11.8 Å². The van der Waals surface area contributed by atoms with E-state index < -0.39 is 11.8 Å². The minimum Gasteiger partial charge on any atom is -0.478 e. The summed E-state index contributed by atoms with van der Waals surface area (Å²) < 4.78 is 14.1. The van der Waals surface area contributed by atoms with Crippen LogP contribution >= 0.6 is 0 Å². The number of hydrogen-bond donors (Lipinski definition) is 2. The number of anilines is 1. The van der Waals surface area contributed by atoms with Gasteiger partial charge in [-0.2, -0.15) is 0 Å². The molecule has 1 aromatic heterocycles. The van der Waals surface area contributed by atoms with Crippen molar-refractivity contribution in [3.63, 3.8) is 0 Å². The highest BCUT2D eigenvalue weighted by molar-refractivity contribution is 5.88. The molecule has 20 heavy (non-hydrogen) atoms. The Morgan fingerprint density at radius 1 is 1.45 bits per heavy atom. The lowest BCUT2D eigenvalue weighted by Gasteiger charge is -2.35. The molecule has 2 N–H and O–H groups in total. The lowest BCUT2D eigenvalue weighted by atomic mass is 9.78. The molecule has 4 nitrogen and oxygen atoms in total. The Labute approximate surface area is 118 Å².